The third-order valence-corrected chi connectivity index (χ3v) is 10.6. The van der Waals surface area contributed by atoms with E-state index < -0.39 is 0 Å². The number of carbonyl (C=O) groups excluding carboxylic acids is 1. The van der Waals surface area contributed by atoms with Crippen molar-refractivity contribution >= 4 is 27.5 Å². The molecule has 6 heteroatoms. The van der Waals surface area contributed by atoms with Crippen LogP contribution in [-0.2, 0) is 36.7 Å². The Hall–Kier alpha value is -3.60. The van der Waals surface area contributed by atoms with Gasteiger partial charge in [0.15, 0.2) is 5.78 Å². The Bertz CT molecular complexity index is 1960. The van der Waals surface area contributed by atoms with Crippen molar-refractivity contribution in [3.8, 4) is 22.5 Å². The summed E-state index contributed by atoms with van der Waals surface area (Å²) >= 11 is 0. The minimum atomic E-state index is -0.337. The first-order chi connectivity index (χ1) is 23.6. The molecule has 0 fully saturated rings. The van der Waals surface area contributed by atoms with Gasteiger partial charge in [0.05, 0.1) is 5.69 Å². The number of benzene rings is 3. The van der Waals surface area contributed by atoms with Gasteiger partial charge in [-0.15, -0.1) is 29.1 Å². The van der Waals surface area contributed by atoms with E-state index in [1.807, 2.05) is 47.6 Å². The zero-order valence-electron chi connectivity index (χ0n) is 32.5. The molecule has 5 nitrogen and oxygen atoms in total. The predicted octanol–water partition coefficient (Wildman–Crippen LogP) is 12.7. The molecule has 0 spiro atoms. The van der Waals surface area contributed by atoms with Crippen LogP contribution in [0.2, 0.25) is 0 Å². The molecule has 0 saturated heterocycles. The molecule has 2 heterocycles. The van der Waals surface area contributed by atoms with Crippen LogP contribution in [0.1, 0.15) is 113 Å². The molecule has 5 rings (SSSR count). The van der Waals surface area contributed by atoms with E-state index >= 15 is 0 Å². The van der Waals surface area contributed by atoms with Crippen LogP contribution in [0.5, 0.6) is 0 Å². The van der Waals surface area contributed by atoms with Gasteiger partial charge in [0.1, 0.15) is 23.4 Å². The molecule has 0 aliphatic rings. The standard InChI is InChI=1S/C30H29N2O.C15H28O2.Ir/c1-19(2)12-24-15-23-14-21(10-11-29(23)33-24)27-17-28(32-18-31-27)22-13-20-8-6-7-9-25(20)26(16-22)30(3,4)5;1-7-14(5,8-2)12(16)11-13(17)15(6,9-3)10-4;/h6-11,14-19H,12H2,1-5H3;11,16H,7-10H2,1-6H3;/q-1;;/b;12-11-;. The maximum atomic E-state index is 12.2. The molecule has 0 aliphatic heterocycles. The van der Waals surface area contributed by atoms with E-state index in [9.17, 15) is 9.90 Å². The van der Waals surface area contributed by atoms with Gasteiger partial charge in [-0.25, -0.2) is 4.98 Å². The molecule has 0 unspecified atom stereocenters. The summed E-state index contributed by atoms with van der Waals surface area (Å²) < 4.78 is 6.01. The van der Waals surface area contributed by atoms with E-state index in [4.69, 9.17) is 4.42 Å². The quantitative estimate of drug-likeness (QED) is 0.0813. The summed E-state index contributed by atoms with van der Waals surface area (Å²) in [5, 5.41) is 13.6. The van der Waals surface area contributed by atoms with E-state index in [0.717, 1.165) is 76.7 Å². The Kier molecular flexibility index (Phi) is 14.2. The van der Waals surface area contributed by atoms with Crippen LogP contribution in [0.25, 0.3) is 44.3 Å². The molecule has 3 aromatic carbocycles. The number of aliphatic hydroxyl groups is 1. The van der Waals surface area contributed by atoms with Gasteiger partial charge in [-0.1, -0.05) is 105 Å². The van der Waals surface area contributed by atoms with Crippen molar-refractivity contribution in [2.24, 2.45) is 16.7 Å². The molecule has 51 heavy (non-hydrogen) atoms. The molecule has 0 bridgehead atoms. The summed E-state index contributed by atoms with van der Waals surface area (Å²) in [6.45, 7) is 23.2. The van der Waals surface area contributed by atoms with Crippen molar-refractivity contribution in [2.45, 2.75) is 114 Å². The third kappa shape index (κ3) is 9.84. The number of aliphatic hydroxyl groups excluding tert-OH is 1. The number of furan rings is 1. The second kappa shape index (κ2) is 17.3. The Morgan fingerprint density at radius 3 is 2.08 bits per heavy atom. The Balaban J connectivity index is 0.000000335. The Morgan fingerprint density at radius 2 is 1.47 bits per heavy atom. The summed E-state index contributed by atoms with van der Waals surface area (Å²) in [5.41, 5.74) is 5.45. The van der Waals surface area contributed by atoms with Crippen molar-refractivity contribution in [1.82, 2.24) is 9.97 Å². The molecule has 0 saturated carbocycles. The fourth-order valence-corrected chi connectivity index (χ4v) is 6.10. The second-order valence-corrected chi connectivity index (χ2v) is 15.7. The fourth-order valence-electron chi connectivity index (χ4n) is 6.10. The van der Waals surface area contributed by atoms with Gasteiger partial charge in [-0.05, 0) is 67.3 Å². The molecule has 5 aromatic rings. The second-order valence-electron chi connectivity index (χ2n) is 15.7. The number of nitrogens with zero attached hydrogens (tertiary/aromatic N) is 2. The average molecular weight is 866 g/mol. The van der Waals surface area contributed by atoms with E-state index in [0.29, 0.717) is 5.92 Å². The van der Waals surface area contributed by atoms with Crippen molar-refractivity contribution in [1.29, 1.82) is 0 Å². The summed E-state index contributed by atoms with van der Waals surface area (Å²) in [6, 6.07) is 24.7. The average Bonchev–Trinajstić information content (AvgIpc) is 3.51. The van der Waals surface area contributed by atoms with Crippen LogP contribution in [0.4, 0.5) is 0 Å². The molecule has 275 valence electrons. The normalized spacial score (nSPS) is 12.5. The van der Waals surface area contributed by atoms with Gasteiger partial charge in [0, 0.05) is 60.1 Å². The Morgan fingerprint density at radius 1 is 0.843 bits per heavy atom. The SMILES string of the molecule is CC(C)Cc1cc2cc(-c3cc(-c4[c-]c5ccccc5c(C(C)(C)C)c4)ncn3)ccc2o1.CCC(C)(CC)C(=O)/C=C(\O)C(C)(CC)CC.[Ir]. The van der Waals surface area contributed by atoms with Crippen LogP contribution < -0.4 is 0 Å². The van der Waals surface area contributed by atoms with Crippen LogP contribution in [0.15, 0.2) is 83.2 Å². The number of ketones is 1. The summed E-state index contributed by atoms with van der Waals surface area (Å²) in [7, 11) is 0. The molecule has 0 atom stereocenters. The topological polar surface area (TPSA) is 76.2 Å². The van der Waals surface area contributed by atoms with Gasteiger partial charge in [0.25, 0.3) is 0 Å². The number of rotatable bonds is 11. The maximum absolute atomic E-state index is 12.2. The summed E-state index contributed by atoms with van der Waals surface area (Å²) in [6.07, 6.45) is 7.34. The van der Waals surface area contributed by atoms with Gasteiger partial charge < -0.3 is 9.52 Å². The minimum Gasteiger partial charge on any atom is -0.512 e. The maximum Gasteiger partial charge on any atom is 0.164 e. The monoisotopic (exact) mass is 866 g/mol. The molecule has 2 aromatic heterocycles. The smallest absolute Gasteiger partial charge is 0.164 e. The fraction of sp³-hybridized carbons (Fsp3) is 0.444. The van der Waals surface area contributed by atoms with Gasteiger partial charge in [-0.3, -0.25) is 9.78 Å². The van der Waals surface area contributed by atoms with E-state index in [-0.39, 0.29) is 47.9 Å². The molecular formula is C45H57IrN2O3-. The number of hydrogen-bond donors (Lipinski definition) is 1. The van der Waals surface area contributed by atoms with E-state index in [1.165, 1.54) is 17.0 Å². The zero-order chi connectivity index (χ0) is 36.9. The first kappa shape index (κ1) is 41.8. The van der Waals surface area contributed by atoms with Crippen molar-refractivity contribution in [2.75, 3.05) is 0 Å². The van der Waals surface area contributed by atoms with Crippen molar-refractivity contribution in [3.63, 3.8) is 0 Å². The minimum absolute atomic E-state index is 0. The van der Waals surface area contributed by atoms with Crippen LogP contribution in [-0.4, -0.2) is 20.9 Å². The van der Waals surface area contributed by atoms with E-state index in [2.05, 4.69) is 105 Å². The predicted molar refractivity (Wildman–Crippen MR) is 209 cm³/mol. The van der Waals surface area contributed by atoms with Crippen molar-refractivity contribution < 1.29 is 34.4 Å². The molecule has 0 amide bonds. The number of aromatic nitrogens is 2. The van der Waals surface area contributed by atoms with Crippen LogP contribution in [0, 0.1) is 22.8 Å². The summed E-state index contributed by atoms with van der Waals surface area (Å²) in [4.78, 5) is 21.4. The van der Waals surface area contributed by atoms with Gasteiger partial charge >= 0.3 is 0 Å². The zero-order valence-corrected chi connectivity index (χ0v) is 34.9. The number of carbonyl (C=O) groups is 1. The molecule has 1 radical (unpaired) electrons. The third-order valence-electron chi connectivity index (χ3n) is 10.6. The first-order valence-electron chi connectivity index (χ1n) is 18.3. The first-order valence-corrected chi connectivity index (χ1v) is 18.3. The molecule has 0 aliphatic carbocycles. The molecular weight excluding hydrogens is 809 g/mol. The van der Waals surface area contributed by atoms with Crippen LogP contribution in [0.3, 0.4) is 0 Å². The van der Waals surface area contributed by atoms with Gasteiger partial charge in [0.2, 0.25) is 0 Å². The van der Waals surface area contributed by atoms with Crippen LogP contribution >= 0.6 is 0 Å². The Labute approximate surface area is 319 Å². The van der Waals surface area contributed by atoms with Gasteiger partial charge in [-0.2, -0.15) is 0 Å². The molecule has 1 N–H and O–H groups in total. The number of hydrogen-bond acceptors (Lipinski definition) is 5. The van der Waals surface area contributed by atoms with Crippen molar-refractivity contribution in [3.05, 3.63) is 96.2 Å². The summed E-state index contributed by atoms with van der Waals surface area (Å²) in [5.74, 6) is 1.88. The number of allylic oxidation sites excluding steroid dienone is 2. The number of fused-ring (bicyclic) bond motifs is 2. The largest absolute Gasteiger partial charge is 0.512 e. The van der Waals surface area contributed by atoms with E-state index in [1.54, 1.807) is 6.33 Å².